The number of hydrogen-bond acceptors (Lipinski definition) is 5. The fraction of sp³-hybridized carbons (Fsp3) is 0.0870. The van der Waals surface area contributed by atoms with Gasteiger partial charge in [-0.1, -0.05) is 42.5 Å². The Morgan fingerprint density at radius 2 is 1.42 bits per heavy atom. The van der Waals surface area contributed by atoms with Crippen LogP contribution >= 0.6 is 0 Å². The van der Waals surface area contributed by atoms with Crippen LogP contribution in [0.4, 0.5) is 5.69 Å². The van der Waals surface area contributed by atoms with Crippen LogP contribution < -0.4 is 4.31 Å². The third-order valence-electron chi connectivity index (χ3n) is 4.96. The molecule has 0 aliphatic carbocycles. The molecule has 0 atom stereocenters. The lowest BCUT2D eigenvalue weighted by Crippen LogP contribution is -2.24. The van der Waals surface area contributed by atoms with E-state index in [0.29, 0.717) is 28.1 Å². The molecule has 1 aromatic heterocycles. The Labute approximate surface area is 179 Å². The molecule has 4 rings (SSSR count). The topological polar surface area (TPSA) is 100 Å². The Balaban J connectivity index is 1.91. The van der Waals surface area contributed by atoms with Crippen molar-refractivity contribution in [2.24, 2.45) is 0 Å². The number of carboxylic acid groups (broad SMARTS) is 1. The molecule has 0 fully saturated rings. The number of benzene rings is 3. The highest BCUT2D eigenvalue weighted by Gasteiger charge is 2.16. The van der Waals surface area contributed by atoms with Gasteiger partial charge in [-0.25, -0.2) is 23.2 Å². The SMILES string of the molecule is CN(c1ccc(-c2nc3cc(C(=O)O)ccc3nc2-c2ccccc2)cc1)S(C)(=O)=O. The van der Waals surface area contributed by atoms with E-state index >= 15 is 0 Å². The molecule has 1 heterocycles. The van der Waals surface area contributed by atoms with E-state index in [1.165, 1.54) is 23.5 Å². The first-order valence-electron chi connectivity index (χ1n) is 9.39. The van der Waals surface area contributed by atoms with E-state index in [1.807, 2.05) is 30.3 Å². The molecule has 0 spiro atoms. The second-order valence-corrected chi connectivity index (χ2v) is 9.09. The van der Waals surface area contributed by atoms with Crippen molar-refractivity contribution in [2.45, 2.75) is 0 Å². The molecule has 8 heteroatoms. The average Bonchev–Trinajstić information content (AvgIpc) is 2.77. The molecule has 0 aliphatic heterocycles. The minimum Gasteiger partial charge on any atom is -0.478 e. The van der Waals surface area contributed by atoms with Crippen LogP contribution in [-0.4, -0.2) is 42.8 Å². The van der Waals surface area contributed by atoms with Gasteiger partial charge in [-0.2, -0.15) is 0 Å². The molecule has 0 radical (unpaired) electrons. The number of nitrogens with zero attached hydrogens (tertiary/aromatic N) is 3. The van der Waals surface area contributed by atoms with Crippen LogP contribution in [0.25, 0.3) is 33.5 Å². The van der Waals surface area contributed by atoms with Crippen LogP contribution in [0, 0.1) is 0 Å². The molecule has 3 aromatic carbocycles. The molecular formula is C23H19N3O4S. The van der Waals surface area contributed by atoms with E-state index in [9.17, 15) is 18.3 Å². The first-order valence-corrected chi connectivity index (χ1v) is 11.2. The maximum absolute atomic E-state index is 11.8. The van der Waals surface area contributed by atoms with Crippen molar-refractivity contribution < 1.29 is 18.3 Å². The summed E-state index contributed by atoms with van der Waals surface area (Å²) < 4.78 is 24.8. The maximum Gasteiger partial charge on any atom is 0.335 e. The van der Waals surface area contributed by atoms with Crippen LogP contribution in [0.15, 0.2) is 72.8 Å². The van der Waals surface area contributed by atoms with Crippen molar-refractivity contribution in [1.82, 2.24) is 9.97 Å². The normalized spacial score (nSPS) is 11.4. The highest BCUT2D eigenvalue weighted by Crippen LogP contribution is 2.32. The van der Waals surface area contributed by atoms with Gasteiger partial charge in [0.05, 0.1) is 39.9 Å². The summed E-state index contributed by atoms with van der Waals surface area (Å²) >= 11 is 0. The van der Waals surface area contributed by atoms with Crippen molar-refractivity contribution in [3.05, 3.63) is 78.4 Å². The summed E-state index contributed by atoms with van der Waals surface area (Å²) in [5, 5.41) is 9.31. The van der Waals surface area contributed by atoms with E-state index in [-0.39, 0.29) is 5.56 Å². The van der Waals surface area contributed by atoms with Gasteiger partial charge in [-0.15, -0.1) is 0 Å². The summed E-state index contributed by atoms with van der Waals surface area (Å²) in [6.45, 7) is 0. The lowest BCUT2D eigenvalue weighted by molar-refractivity contribution is 0.0697. The zero-order valence-corrected chi connectivity index (χ0v) is 17.7. The molecule has 7 nitrogen and oxygen atoms in total. The van der Waals surface area contributed by atoms with Crippen molar-refractivity contribution in [3.8, 4) is 22.5 Å². The van der Waals surface area contributed by atoms with Crippen molar-refractivity contribution in [2.75, 3.05) is 17.6 Å². The zero-order valence-electron chi connectivity index (χ0n) is 16.9. The van der Waals surface area contributed by atoms with Gasteiger partial charge >= 0.3 is 5.97 Å². The lowest BCUT2D eigenvalue weighted by atomic mass is 10.0. The maximum atomic E-state index is 11.8. The van der Waals surface area contributed by atoms with Crippen molar-refractivity contribution in [3.63, 3.8) is 0 Å². The summed E-state index contributed by atoms with van der Waals surface area (Å²) in [5.74, 6) is -1.04. The van der Waals surface area contributed by atoms with E-state index < -0.39 is 16.0 Å². The van der Waals surface area contributed by atoms with E-state index in [0.717, 1.165) is 17.4 Å². The molecule has 0 saturated heterocycles. The smallest absolute Gasteiger partial charge is 0.335 e. The largest absolute Gasteiger partial charge is 0.478 e. The molecular weight excluding hydrogens is 414 g/mol. The monoisotopic (exact) mass is 433 g/mol. The van der Waals surface area contributed by atoms with Gasteiger partial charge in [-0.3, -0.25) is 4.31 Å². The lowest BCUT2D eigenvalue weighted by Gasteiger charge is -2.17. The molecule has 0 bridgehead atoms. The Kier molecular flexibility index (Phi) is 5.16. The first-order chi connectivity index (χ1) is 14.7. The number of hydrogen-bond donors (Lipinski definition) is 1. The fourth-order valence-electron chi connectivity index (χ4n) is 3.21. The minimum atomic E-state index is -3.38. The van der Waals surface area contributed by atoms with Crippen molar-refractivity contribution >= 4 is 32.7 Å². The molecule has 0 saturated carbocycles. The zero-order chi connectivity index (χ0) is 22.2. The molecule has 156 valence electrons. The number of carboxylic acids is 1. The number of fused-ring (bicyclic) bond motifs is 1. The number of aromatic carboxylic acids is 1. The fourth-order valence-corrected chi connectivity index (χ4v) is 3.71. The van der Waals surface area contributed by atoms with Crippen LogP contribution in [-0.2, 0) is 10.0 Å². The average molecular weight is 433 g/mol. The van der Waals surface area contributed by atoms with Crippen molar-refractivity contribution in [1.29, 1.82) is 0 Å². The number of aromatic nitrogens is 2. The Bertz CT molecular complexity index is 1390. The van der Waals surface area contributed by atoms with Gasteiger partial charge in [0.25, 0.3) is 0 Å². The van der Waals surface area contributed by atoms with Gasteiger partial charge < -0.3 is 5.11 Å². The van der Waals surface area contributed by atoms with E-state index in [1.54, 1.807) is 30.3 Å². The van der Waals surface area contributed by atoms with Gasteiger partial charge in [0.2, 0.25) is 10.0 Å². The Morgan fingerprint density at radius 3 is 2.00 bits per heavy atom. The molecule has 1 N–H and O–H groups in total. The Hall–Kier alpha value is -3.78. The molecule has 4 aromatic rings. The molecule has 0 aliphatic rings. The predicted molar refractivity (Wildman–Crippen MR) is 121 cm³/mol. The predicted octanol–water partition coefficient (Wildman–Crippen LogP) is 4.06. The second kappa shape index (κ2) is 7.81. The molecule has 0 amide bonds. The van der Waals surface area contributed by atoms with Crippen LogP contribution in [0.1, 0.15) is 10.4 Å². The van der Waals surface area contributed by atoms with Crippen LogP contribution in [0.5, 0.6) is 0 Å². The summed E-state index contributed by atoms with van der Waals surface area (Å²) in [7, 11) is -1.89. The number of anilines is 1. The second-order valence-electron chi connectivity index (χ2n) is 7.07. The van der Waals surface area contributed by atoms with Gasteiger partial charge in [0, 0.05) is 18.2 Å². The van der Waals surface area contributed by atoms with Crippen LogP contribution in [0.3, 0.4) is 0 Å². The summed E-state index contributed by atoms with van der Waals surface area (Å²) in [6.07, 6.45) is 1.14. The van der Waals surface area contributed by atoms with Gasteiger partial charge in [0.15, 0.2) is 0 Å². The van der Waals surface area contributed by atoms with E-state index in [2.05, 4.69) is 0 Å². The minimum absolute atomic E-state index is 0.130. The van der Waals surface area contributed by atoms with Crippen LogP contribution in [0.2, 0.25) is 0 Å². The summed E-state index contributed by atoms with van der Waals surface area (Å²) in [5.41, 5.74) is 4.54. The quantitative estimate of drug-likeness (QED) is 0.509. The standard InChI is InChI=1S/C23H19N3O4S/c1-26(31(2,29)30)18-11-8-16(9-12-18)22-21(15-6-4-3-5-7-15)24-19-13-10-17(23(27)28)14-20(19)25-22/h3-14H,1-2H3,(H,27,28). The number of rotatable bonds is 5. The third-order valence-corrected chi connectivity index (χ3v) is 6.17. The highest BCUT2D eigenvalue weighted by molar-refractivity contribution is 7.92. The summed E-state index contributed by atoms with van der Waals surface area (Å²) in [6, 6.07) is 21.2. The number of sulfonamides is 1. The highest BCUT2D eigenvalue weighted by atomic mass is 32.2. The summed E-state index contributed by atoms with van der Waals surface area (Å²) in [4.78, 5) is 20.9. The molecule has 31 heavy (non-hydrogen) atoms. The third kappa shape index (κ3) is 4.10. The Morgan fingerprint density at radius 1 is 0.839 bits per heavy atom. The molecule has 0 unspecified atom stereocenters. The van der Waals surface area contributed by atoms with Gasteiger partial charge in [0.1, 0.15) is 0 Å². The number of carbonyl (C=O) groups is 1. The van der Waals surface area contributed by atoms with E-state index in [4.69, 9.17) is 9.97 Å². The first kappa shape index (κ1) is 20.5. The van der Waals surface area contributed by atoms with Gasteiger partial charge in [-0.05, 0) is 30.3 Å².